The topological polar surface area (TPSA) is 46.2 Å². The summed E-state index contributed by atoms with van der Waals surface area (Å²) in [6.07, 6.45) is 0.542. The Balaban J connectivity index is 1.56. The van der Waals surface area contributed by atoms with Crippen molar-refractivity contribution in [2.45, 2.75) is 32.4 Å². The maximum atomic E-state index is 11.9. The molecule has 128 valence electrons. The molecule has 0 atom stereocenters. The standard InChI is InChI=1S/C19H23NO2S2/c1-14-3-6-16(7-4-14)13-23-12-11-20-19(22)10-8-17(21)18-9-5-15(2)24-18/h3-7,9H,8,10-13H2,1-2H3,(H,20,22). The molecule has 3 nitrogen and oxygen atoms in total. The Morgan fingerprint density at radius 2 is 1.79 bits per heavy atom. The molecule has 0 unspecified atom stereocenters. The molecule has 0 bridgehead atoms. The summed E-state index contributed by atoms with van der Waals surface area (Å²) in [6, 6.07) is 12.3. The van der Waals surface area contributed by atoms with Crippen molar-refractivity contribution in [2.24, 2.45) is 0 Å². The van der Waals surface area contributed by atoms with E-state index in [2.05, 4.69) is 36.5 Å². The van der Waals surface area contributed by atoms with Crippen LogP contribution in [-0.2, 0) is 10.5 Å². The van der Waals surface area contributed by atoms with Crippen LogP contribution >= 0.6 is 23.1 Å². The van der Waals surface area contributed by atoms with Crippen molar-refractivity contribution in [1.29, 1.82) is 0 Å². The number of benzene rings is 1. The van der Waals surface area contributed by atoms with E-state index in [-0.39, 0.29) is 24.5 Å². The monoisotopic (exact) mass is 361 g/mol. The molecule has 0 fully saturated rings. The van der Waals surface area contributed by atoms with Crippen molar-refractivity contribution in [3.8, 4) is 0 Å². The van der Waals surface area contributed by atoms with E-state index >= 15 is 0 Å². The van der Waals surface area contributed by atoms with Crippen LogP contribution in [0.1, 0.15) is 38.5 Å². The molecule has 0 radical (unpaired) electrons. The average Bonchev–Trinajstić information content (AvgIpc) is 3.00. The predicted octanol–water partition coefficient (Wildman–Crippen LogP) is 4.38. The molecular formula is C19H23NO2S2. The quantitative estimate of drug-likeness (QED) is 0.533. The van der Waals surface area contributed by atoms with E-state index in [4.69, 9.17) is 0 Å². The largest absolute Gasteiger partial charge is 0.355 e. The second kappa shape index (κ2) is 9.64. The number of amides is 1. The first-order valence-electron chi connectivity index (χ1n) is 8.04. The van der Waals surface area contributed by atoms with Crippen LogP contribution in [0.4, 0.5) is 0 Å². The van der Waals surface area contributed by atoms with Crippen molar-refractivity contribution >= 4 is 34.8 Å². The van der Waals surface area contributed by atoms with Crippen LogP contribution < -0.4 is 5.32 Å². The van der Waals surface area contributed by atoms with Crippen LogP contribution in [0, 0.1) is 13.8 Å². The van der Waals surface area contributed by atoms with Gasteiger partial charge in [-0.05, 0) is 31.5 Å². The van der Waals surface area contributed by atoms with Crippen molar-refractivity contribution in [1.82, 2.24) is 5.32 Å². The summed E-state index contributed by atoms with van der Waals surface area (Å²) in [7, 11) is 0. The maximum Gasteiger partial charge on any atom is 0.220 e. The number of rotatable bonds is 9. The molecule has 0 aliphatic rings. The van der Waals surface area contributed by atoms with Gasteiger partial charge in [-0.1, -0.05) is 29.8 Å². The molecule has 1 aromatic carbocycles. The Kier molecular flexibility index (Phi) is 7.53. The van der Waals surface area contributed by atoms with Gasteiger partial charge in [0.05, 0.1) is 4.88 Å². The van der Waals surface area contributed by atoms with Crippen LogP contribution in [0.2, 0.25) is 0 Å². The lowest BCUT2D eigenvalue weighted by Crippen LogP contribution is -2.26. The van der Waals surface area contributed by atoms with E-state index < -0.39 is 0 Å². The Morgan fingerprint density at radius 1 is 1.04 bits per heavy atom. The number of ketones is 1. The van der Waals surface area contributed by atoms with Gasteiger partial charge in [0, 0.05) is 35.8 Å². The third-order valence-electron chi connectivity index (χ3n) is 3.55. The second-order valence-electron chi connectivity index (χ2n) is 5.72. The van der Waals surface area contributed by atoms with Crippen LogP contribution in [-0.4, -0.2) is 24.0 Å². The van der Waals surface area contributed by atoms with Crippen molar-refractivity contribution < 1.29 is 9.59 Å². The number of thioether (sulfide) groups is 1. The van der Waals surface area contributed by atoms with Crippen LogP contribution in [0.15, 0.2) is 36.4 Å². The van der Waals surface area contributed by atoms with Gasteiger partial charge in [0.15, 0.2) is 5.78 Å². The van der Waals surface area contributed by atoms with E-state index in [1.54, 1.807) is 11.8 Å². The highest BCUT2D eigenvalue weighted by molar-refractivity contribution is 7.98. The second-order valence-corrected chi connectivity index (χ2v) is 8.11. The molecule has 1 heterocycles. The highest BCUT2D eigenvalue weighted by atomic mass is 32.2. The van der Waals surface area contributed by atoms with Crippen LogP contribution in [0.25, 0.3) is 0 Å². The smallest absolute Gasteiger partial charge is 0.220 e. The van der Waals surface area contributed by atoms with Gasteiger partial charge in [0.2, 0.25) is 5.91 Å². The molecule has 1 aromatic heterocycles. The van der Waals surface area contributed by atoms with Gasteiger partial charge in [-0.2, -0.15) is 11.8 Å². The van der Waals surface area contributed by atoms with E-state index in [0.29, 0.717) is 6.54 Å². The zero-order valence-electron chi connectivity index (χ0n) is 14.1. The highest BCUT2D eigenvalue weighted by Crippen LogP contribution is 2.17. The van der Waals surface area contributed by atoms with Gasteiger partial charge in [-0.3, -0.25) is 9.59 Å². The van der Waals surface area contributed by atoms with Gasteiger partial charge in [-0.25, -0.2) is 0 Å². The molecule has 0 saturated carbocycles. The maximum absolute atomic E-state index is 11.9. The minimum Gasteiger partial charge on any atom is -0.355 e. The third-order valence-corrected chi connectivity index (χ3v) is 5.62. The Hall–Kier alpha value is -1.59. The Bertz CT molecular complexity index is 677. The molecule has 2 rings (SSSR count). The van der Waals surface area contributed by atoms with Gasteiger partial charge in [-0.15, -0.1) is 11.3 Å². The number of carbonyl (C=O) groups excluding carboxylic acids is 2. The van der Waals surface area contributed by atoms with E-state index in [0.717, 1.165) is 21.3 Å². The molecule has 1 N–H and O–H groups in total. The first kappa shape index (κ1) is 18.7. The summed E-state index contributed by atoms with van der Waals surface area (Å²) in [4.78, 5) is 25.6. The molecule has 0 aliphatic carbocycles. The van der Waals surface area contributed by atoms with Crippen molar-refractivity contribution in [3.05, 3.63) is 57.3 Å². The fourth-order valence-electron chi connectivity index (χ4n) is 2.16. The Morgan fingerprint density at radius 3 is 2.46 bits per heavy atom. The third kappa shape index (κ3) is 6.49. The lowest BCUT2D eigenvalue weighted by molar-refractivity contribution is -0.120. The lowest BCUT2D eigenvalue weighted by atomic mass is 10.2. The average molecular weight is 362 g/mol. The summed E-state index contributed by atoms with van der Waals surface area (Å²) in [6.45, 7) is 4.70. The molecule has 24 heavy (non-hydrogen) atoms. The molecular weight excluding hydrogens is 338 g/mol. The Labute approximate surface area is 151 Å². The minimum atomic E-state index is -0.0486. The zero-order chi connectivity index (χ0) is 17.4. The van der Waals surface area contributed by atoms with Crippen LogP contribution in [0.5, 0.6) is 0 Å². The molecule has 0 spiro atoms. The van der Waals surface area contributed by atoms with E-state index in [9.17, 15) is 9.59 Å². The number of carbonyl (C=O) groups is 2. The number of Topliss-reactive ketones (excluding diaryl/α,β-unsaturated/α-hetero) is 1. The fourth-order valence-corrected chi connectivity index (χ4v) is 3.81. The molecule has 0 saturated heterocycles. The van der Waals surface area contributed by atoms with Gasteiger partial charge in [0.1, 0.15) is 0 Å². The van der Waals surface area contributed by atoms with Crippen molar-refractivity contribution in [2.75, 3.05) is 12.3 Å². The molecule has 1 amide bonds. The normalized spacial score (nSPS) is 10.6. The fraction of sp³-hybridized carbons (Fsp3) is 0.368. The number of nitrogens with one attached hydrogen (secondary N) is 1. The number of thiophene rings is 1. The van der Waals surface area contributed by atoms with Gasteiger partial charge in [0.25, 0.3) is 0 Å². The number of hydrogen-bond donors (Lipinski definition) is 1. The zero-order valence-corrected chi connectivity index (χ0v) is 15.8. The van der Waals surface area contributed by atoms with Gasteiger partial charge >= 0.3 is 0 Å². The summed E-state index contributed by atoms with van der Waals surface area (Å²) >= 11 is 3.28. The first-order valence-corrected chi connectivity index (χ1v) is 10.0. The SMILES string of the molecule is Cc1ccc(CSCCNC(=O)CCC(=O)c2ccc(C)s2)cc1. The molecule has 5 heteroatoms. The summed E-state index contributed by atoms with van der Waals surface area (Å²) in [5.74, 6) is 1.83. The highest BCUT2D eigenvalue weighted by Gasteiger charge is 2.10. The van der Waals surface area contributed by atoms with Crippen LogP contribution in [0.3, 0.4) is 0 Å². The number of aryl methyl sites for hydroxylation is 2. The summed E-state index contributed by atoms with van der Waals surface area (Å²) < 4.78 is 0. The van der Waals surface area contributed by atoms with Gasteiger partial charge < -0.3 is 5.32 Å². The summed E-state index contributed by atoms with van der Waals surface area (Å²) in [5, 5.41) is 2.88. The van der Waals surface area contributed by atoms with E-state index in [1.165, 1.54) is 22.5 Å². The summed E-state index contributed by atoms with van der Waals surface area (Å²) in [5.41, 5.74) is 2.57. The first-order chi connectivity index (χ1) is 11.5. The minimum absolute atomic E-state index is 0.0486. The number of hydrogen-bond acceptors (Lipinski definition) is 4. The predicted molar refractivity (Wildman–Crippen MR) is 103 cm³/mol. The lowest BCUT2D eigenvalue weighted by Gasteiger charge is -2.05. The molecule has 0 aliphatic heterocycles. The van der Waals surface area contributed by atoms with E-state index in [1.807, 2.05) is 19.1 Å². The van der Waals surface area contributed by atoms with Crippen molar-refractivity contribution in [3.63, 3.8) is 0 Å². The molecule has 2 aromatic rings.